The quantitative estimate of drug-likeness (QED) is 0.685. The van der Waals surface area contributed by atoms with Gasteiger partial charge in [0.1, 0.15) is 0 Å². The largest absolute Gasteiger partial charge is 0.478 e. The lowest BCUT2D eigenvalue weighted by Crippen LogP contribution is -2.29. The van der Waals surface area contributed by atoms with Gasteiger partial charge in [-0.3, -0.25) is 0 Å². The van der Waals surface area contributed by atoms with Crippen molar-refractivity contribution in [2.45, 2.75) is 6.54 Å². The van der Waals surface area contributed by atoms with Crippen molar-refractivity contribution in [2.75, 3.05) is 5.32 Å². The second kappa shape index (κ2) is 6.66. The zero-order chi connectivity index (χ0) is 14.5. The first-order chi connectivity index (χ1) is 9.56. The number of anilines is 1. The Morgan fingerprint density at radius 1 is 1.40 bits per heavy atom. The van der Waals surface area contributed by atoms with Crippen molar-refractivity contribution < 1.29 is 14.7 Å². The Hall–Kier alpha value is -1.68. The average molecular weight is 403 g/mol. The highest BCUT2D eigenvalue weighted by atomic mass is 127. The van der Waals surface area contributed by atoms with Crippen LogP contribution in [-0.4, -0.2) is 22.1 Å². The van der Waals surface area contributed by atoms with Gasteiger partial charge in [-0.05, 0) is 40.8 Å². The number of hydrogen-bond donors (Lipinski definition) is 3. The molecule has 1 aromatic heterocycles. The van der Waals surface area contributed by atoms with E-state index in [1.54, 1.807) is 17.6 Å². The Kier molecular flexibility index (Phi) is 4.90. The predicted octanol–water partition coefficient (Wildman–Crippen LogP) is 2.77. The summed E-state index contributed by atoms with van der Waals surface area (Å²) >= 11 is 3.46. The number of aromatic nitrogens is 1. The lowest BCUT2D eigenvalue weighted by molar-refractivity contribution is 0.0698. The van der Waals surface area contributed by atoms with E-state index in [0.717, 1.165) is 9.26 Å². The number of benzene rings is 1. The molecule has 0 bridgehead atoms. The number of carbonyl (C=O) groups excluding carboxylic acids is 1. The van der Waals surface area contributed by atoms with Crippen molar-refractivity contribution in [2.24, 2.45) is 0 Å². The smallest absolute Gasteiger partial charge is 0.337 e. The molecule has 20 heavy (non-hydrogen) atoms. The van der Waals surface area contributed by atoms with Crippen LogP contribution in [0.5, 0.6) is 0 Å². The van der Waals surface area contributed by atoms with Crippen LogP contribution in [0.1, 0.15) is 16.1 Å². The van der Waals surface area contributed by atoms with Gasteiger partial charge in [-0.2, -0.15) is 0 Å². The molecule has 1 heterocycles. The Morgan fingerprint density at radius 3 is 2.85 bits per heavy atom. The molecule has 0 spiro atoms. The van der Waals surface area contributed by atoms with E-state index in [4.69, 9.17) is 5.11 Å². The van der Waals surface area contributed by atoms with Crippen LogP contribution in [0.4, 0.5) is 10.5 Å². The summed E-state index contributed by atoms with van der Waals surface area (Å²) in [6.07, 6.45) is 0. The SMILES string of the molecule is O=C(NCc1cscn1)Nc1ccc(I)cc1C(=O)O. The summed E-state index contributed by atoms with van der Waals surface area (Å²) in [5.41, 5.74) is 2.75. The topological polar surface area (TPSA) is 91.3 Å². The van der Waals surface area contributed by atoms with Crippen molar-refractivity contribution in [3.05, 3.63) is 43.9 Å². The monoisotopic (exact) mass is 403 g/mol. The van der Waals surface area contributed by atoms with Gasteiger partial charge in [-0.15, -0.1) is 11.3 Å². The highest BCUT2D eigenvalue weighted by Crippen LogP contribution is 2.18. The Bertz CT molecular complexity index is 631. The van der Waals surface area contributed by atoms with Crippen molar-refractivity contribution in [1.29, 1.82) is 0 Å². The maximum Gasteiger partial charge on any atom is 0.337 e. The molecule has 1 aromatic carbocycles. The number of halogens is 1. The van der Waals surface area contributed by atoms with E-state index < -0.39 is 12.0 Å². The van der Waals surface area contributed by atoms with Crippen LogP contribution in [-0.2, 0) is 6.54 Å². The molecule has 0 radical (unpaired) electrons. The predicted molar refractivity (Wildman–Crippen MR) is 84.1 cm³/mol. The number of carboxylic acids is 1. The fourth-order valence-electron chi connectivity index (χ4n) is 1.46. The van der Waals surface area contributed by atoms with Crippen LogP contribution in [0, 0.1) is 3.57 Å². The van der Waals surface area contributed by atoms with Crippen molar-refractivity contribution in [1.82, 2.24) is 10.3 Å². The number of amides is 2. The van der Waals surface area contributed by atoms with E-state index >= 15 is 0 Å². The molecule has 2 aromatic rings. The van der Waals surface area contributed by atoms with Gasteiger partial charge >= 0.3 is 12.0 Å². The molecule has 0 unspecified atom stereocenters. The fraction of sp³-hybridized carbons (Fsp3) is 0.0833. The third-order valence-electron chi connectivity index (χ3n) is 2.37. The first-order valence-electron chi connectivity index (χ1n) is 5.51. The first-order valence-corrected chi connectivity index (χ1v) is 7.53. The highest BCUT2D eigenvalue weighted by Gasteiger charge is 2.12. The molecular formula is C12H10IN3O3S. The Labute approximate surface area is 132 Å². The van der Waals surface area contributed by atoms with E-state index in [0.29, 0.717) is 6.54 Å². The molecule has 2 amide bonds. The minimum Gasteiger partial charge on any atom is -0.478 e. The minimum atomic E-state index is -1.08. The van der Waals surface area contributed by atoms with Gasteiger partial charge in [0.15, 0.2) is 0 Å². The van der Waals surface area contributed by atoms with E-state index in [9.17, 15) is 9.59 Å². The third kappa shape index (κ3) is 3.90. The number of nitrogens with one attached hydrogen (secondary N) is 2. The number of thiazole rings is 1. The van der Waals surface area contributed by atoms with Gasteiger partial charge in [0.05, 0.1) is 29.0 Å². The number of aromatic carboxylic acids is 1. The van der Waals surface area contributed by atoms with E-state index in [1.807, 2.05) is 28.0 Å². The third-order valence-corrected chi connectivity index (χ3v) is 3.68. The van der Waals surface area contributed by atoms with Crippen LogP contribution in [0.2, 0.25) is 0 Å². The second-order valence-corrected chi connectivity index (χ2v) is 5.75. The molecule has 0 aliphatic carbocycles. The Balaban J connectivity index is 2.02. The number of nitrogens with zero attached hydrogens (tertiary/aromatic N) is 1. The molecule has 6 nitrogen and oxygen atoms in total. The molecule has 104 valence electrons. The minimum absolute atomic E-state index is 0.0562. The summed E-state index contributed by atoms with van der Waals surface area (Å²) in [7, 11) is 0. The van der Waals surface area contributed by atoms with Gasteiger partial charge < -0.3 is 15.7 Å². The van der Waals surface area contributed by atoms with E-state index in [-0.39, 0.29) is 11.3 Å². The van der Waals surface area contributed by atoms with Gasteiger partial charge in [-0.25, -0.2) is 14.6 Å². The van der Waals surface area contributed by atoms with E-state index in [2.05, 4.69) is 15.6 Å². The number of rotatable bonds is 4. The lowest BCUT2D eigenvalue weighted by Gasteiger charge is -2.09. The maximum absolute atomic E-state index is 11.7. The van der Waals surface area contributed by atoms with Crippen LogP contribution in [0.3, 0.4) is 0 Å². The molecule has 0 fully saturated rings. The molecular weight excluding hydrogens is 393 g/mol. The van der Waals surface area contributed by atoms with Crippen molar-refractivity contribution >= 4 is 51.6 Å². The van der Waals surface area contributed by atoms with Gasteiger partial charge in [0.25, 0.3) is 0 Å². The number of hydrogen-bond acceptors (Lipinski definition) is 4. The molecule has 0 aliphatic heterocycles. The molecule has 0 saturated carbocycles. The summed E-state index contributed by atoms with van der Waals surface area (Å²) in [6, 6.07) is 4.32. The van der Waals surface area contributed by atoms with E-state index in [1.165, 1.54) is 17.4 Å². The lowest BCUT2D eigenvalue weighted by atomic mass is 10.2. The van der Waals surface area contributed by atoms with Crippen LogP contribution in [0.25, 0.3) is 0 Å². The van der Waals surface area contributed by atoms with Crippen LogP contribution < -0.4 is 10.6 Å². The summed E-state index contributed by atoms with van der Waals surface area (Å²) in [4.78, 5) is 26.9. The van der Waals surface area contributed by atoms with Gasteiger partial charge in [-0.1, -0.05) is 0 Å². The zero-order valence-electron chi connectivity index (χ0n) is 10.1. The number of carboxylic acid groups (broad SMARTS) is 1. The molecule has 0 saturated heterocycles. The van der Waals surface area contributed by atoms with Crippen molar-refractivity contribution in [3.8, 4) is 0 Å². The molecule has 0 atom stereocenters. The summed E-state index contributed by atoms with van der Waals surface area (Å²) in [5.74, 6) is -1.08. The Morgan fingerprint density at radius 2 is 2.20 bits per heavy atom. The molecule has 2 rings (SSSR count). The fourth-order valence-corrected chi connectivity index (χ4v) is 2.51. The van der Waals surface area contributed by atoms with Gasteiger partial charge in [0, 0.05) is 8.95 Å². The van der Waals surface area contributed by atoms with Crippen LogP contribution >= 0.6 is 33.9 Å². The molecule has 8 heteroatoms. The van der Waals surface area contributed by atoms with Crippen molar-refractivity contribution in [3.63, 3.8) is 0 Å². The zero-order valence-corrected chi connectivity index (χ0v) is 13.1. The second-order valence-electron chi connectivity index (χ2n) is 3.78. The maximum atomic E-state index is 11.7. The summed E-state index contributed by atoms with van der Waals surface area (Å²) < 4.78 is 0.786. The van der Waals surface area contributed by atoms with Gasteiger partial charge in [0.2, 0.25) is 0 Å². The molecule has 3 N–H and O–H groups in total. The number of carbonyl (C=O) groups is 2. The summed E-state index contributed by atoms with van der Waals surface area (Å²) in [6.45, 7) is 0.294. The highest BCUT2D eigenvalue weighted by molar-refractivity contribution is 14.1. The van der Waals surface area contributed by atoms with Crippen LogP contribution in [0.15, 0.2) is 29.1 Å². The summed E-state index contributed by atoms with van der Waals surface area (Å²) in [5, 5.41) is 16.1. The molecule has 0 aliphatic rings. The number of urea groups is 1. The average Bonchev–Trinajstić information content (AvgIpc) is 2.91. The first kappa shape index (κ1) is 14.7. The normalized spacial score (nSPS) is 10.1. The standard InChI is InChI=1S/C12H10IN3O3S/c13-7-1-2-10(9(3-7)11(17)18)16-12(19)14-4-8-5-20-6-15-8/h1-3,5-6H,4H2,(H,17,18)(H2,14,16,19).